The first-order valence-corrected chi connectivity index (χ1v) is 7.53. The summed E-state index contributed by atoms with van der Waals surface area (Å²) < 4.78 is 0. The Hall–Kier alpha value is -1.61. The molecule has 0 spiro atoms. The van der Waals surface area contributed by atoms with E-state index in [-0.39, 0.29) is 36.0 Å². The second kappa shape index (κ2) is 7.78. The molecule has 0 aliphatic carbocycles. The van der Waals surface area contributed by atoms with Crippen molar-refractivity contribution in [3.8, 4) is 0 Å². The average Bonchev–Trinajstić information content (AvgIpc) is 2.53. The molecule has 4 aromatic rings. The largest absolute Gasteiger partial charge is 1.00 e. The van der Waals surface area contributed by atoms with E-state index in [1.165, 1.54) is 32.3 Å². The number of hydrogen-bond acceptors (Lipinski definition) is 2. The molecule has 0 unspecified atom stereocenters. The first kappa shape index (κ1) is 17.7. The van der Waals surface area contributed by atoms with E-state index in [2.05, 4.69) is 60.7 Å². The Labute approximate surface area is 157 Å². The Morgan fingerprint density at radius 2 is 1.13 bits per heavy atom. The van der Waals surface area contributed by atoms with Crippen LogP contribution in [-0.4, -0.2) is 5.97 Å². The molecule has 4 aromatic carbocycles. The maximum atomic E-state index is 9.49. The number of rotatable bonds is 2. The van der Waals surface area contributed by atoms with Crippen molar-refractivity contribution < 1.29 is 39.5 Å². The summed E-state index contributed by atoms with van der Waals surface area (Å²) in [5.41, 5.74) is 0. The van der Waals surface area contributed by atoms with Gasteiger partial charge in [0.1, 0.15) is 0 Å². The quantitative estimate of drug-likeness (QED) is 0.411. The van der Waals surface area contributed by atoms with Crippen molar-refractivity contribution >= 4 is 38.3 Å². The van der Waals surface area contributed by atoms with Crippen LogP contribution in [0.5, 0.6) is 0 Å². The summed E-state index contributed by atoms with van der Waals surface area (Å²) in [5.74, 6) is -0.961. The summed E-state index contributed by atoms with van der Waals surface area (Å²) in [5, 5.41) is 17.6. The Morgan fingerprint density at radius 3 is 1.35 bits per heavy atom. The first-order chi connectivity index (χ1) is 10.7. The van der Waals surface area contributed by atoms with Gasteiger partial charge in [0.2, 0.25) is 0 Å². The minimum Gasteiger partial charge on any atom is -0.550 e. The van der Waals surface area contributed by atoms with Gasteiger partial charge >= 0.3 is 29.6 Å². The van der Waals surface area contributed by atoms with Crippen LogP contribution < -0.4 is 34.7 Å². The second-order valence-electron chi connectivity index (χ2n) is 5.41. The Kier molecular flexibility index (Phi) is 6.00. The van der Waals surface area contributed by atoms with E-state index in [1.807, 2.05) is 0 Å². The molecule has 0 aliphatic rings. The van der Waals surface area contributed by atoms with Crippen molar-refractivity contribution in [3.05, 3.63) is 60.7 Å². The van der Waals surface area contributed by atoms with Gasteiger partial charge in [0.05, 0.1) is 0 Å². The van der Waals surface area contributed by atoms with Crippen LogP contribution in [0.25, 0.3) is 32.3 Å². The summed E-state index contributed by atoms with van der Waals surface area (Å²) in [6, 6.07) is 21.9. The SMILES string of the molecule is CCCC(=O)[O-].[Na+].c1cc2ccc3cccc4ccc(c1)c2c34. The minimum absolute atomic E-state index is 0. The summed E-state index contributed by atoms with van der Waals surface area (Å²) in [4.78, 5) is 9.49. The normalized spacial score (nSPS) is 10.3. The topological polar surface area (TPSA) is 40.1 Å². The van der Waals surface area contributed by atoms with Gasteiger partial charge in [0.15, 0.2) is 0 Å². The van der Waals surface area contributed by atoms with Crippen molar-refractivity contribution in [2.24, 2.45) is 0 Å². The van der Waals surface area contributed by atoms with E-state index < -0.39 is 5.97 Å². The molecule has 0 radical (unpaired) electrons. The Morgan fingerprint density at radius 1 is 0.783 bits per heavy atom. The molecule has 2 nitrogen and oxygen atoms in total. The Balaban J connectivity index is 0.000000241. The molecule has 0 fully saturated rings. The maximum Gasteiger partial charge on any atom is 1.00 e. The van der Waals surface area contributed by atoms with E-state index in [4.69, 9.17) is 0 Å². The zero-order valence-electron chi connectivity index (χ0n) is 13.5. The van der Waals surface area contributed by atoms with Crippen molar-refractivity contribution in [3.63, 3.8) is 0 Å². The van der Waals surface area contributed by atoms with E-state index in [1.54, 1.807) is 6.92 Å². The number of benzene rings is 4. The molecule has 0 saturated carbocycles. The Bertz CT molecular complexity index is 801. The van der Waals surface area contributed by atoms with Crippen LogP contribution in [0.2, 0.25) is 0 Å². The molecular formula is C20H17NaO2. The molecule has 0 atom stereocenters. The molecule has 23 heavy (non-hydrogen) atoms. The van der Waals surface area contributed by atoms with Gasteiger partial charge in [-0.15, -0.1) is 0 Å². The molecule has 0 aromatic heterocycles. The van der Waals surface area contributed by atoms with Gasteiger partial charge in [-0.2, -0.15) is 0 Å². The van der Waals surface area contributed by atoms with Gasteiger partial charge in [-0.1, -0.05) is 74.0 Å². The third-order valence-electron chi connectivity index (χ3n) is 3.85. The number of carboxylic acid groups (broad SMARTS) is 1. The predicted octanol–water partition coefficient (Wildman–Crippen LogP) is 1.12. The van der Waals surface area contributed by atoms with Gasteiger partial charge < -0.3 is 9.90 Å². The monoisotopic (exact) mass is 312 g/mol. The molecule has 110 valence electrons. The van der Waals surface area contributed by atoms with Crippen LogP contribution in [-0.2, 0) is 4.79 Å². The first-order valence-electron chi connectivity index (χ1n) is 7.53. The number of carbonyl (C=O) groups excluding carboxylic acids is 1. The molecule has 0 amide bonds. The van der Waals surface area contributed by atoms with Crippen molar-refractivity contribution in [2.75, 3.05) is 0 Å². The fraction of sp³-hybridized carbons (Fsp3) is 0.150. The standard InChI is InChI=1S/C16H10.C4H8O2.Na/c1-3-11-7-9-13-5-2-6-14-10-8-12(4-1)15(11)16(13)14;1-2-3-4(5)6;/h1-10H;2-3H2,1H3,(H,5,6);/q;;+1/p-1. The molecular weight excluding hydrogens is 295 g/mol. The van der Waals surface area contributed by atoms with Crippen molar-refractivity contribution in [1.29, 1.82) is 0 Å². The predicted molar refractivity (Wildman–Crippen MR) is 90.1 cm³/mol. The fourth-order valence-electron chi connectivity index (χ4n) is 2.87. The summed E-state index contributed by atoms with van der Waals surface area (Å²) in [7, 11) is 0. The van der Waals surface area contributed by atoms with Crippen molar-refractivity contribution in [2.45, 2.75) is 19.8 Å². The summed E-state index contributed by atoms with van der Waals surface area (Å²) in [6.45, 7) is 1.80. The van der Waals surface area contributed by atoms with Crippen molar-refractivity contribution in [1.82, 2.24) is 0 Å². The molecule has 0 saturated heterocycles. The van der Waals surface area contributed by atoms with Crippen LogP contribution in [0, 0.1) is 0 Å². The molecule has 0 heterocycles. The molecule has 0 aliphatic heterocycles. The van der Waals surface area contributed by atoms with E-state index in [9.17, 15) is 9.90 Å². The number of hydrogen-bond donors (Lipinski definition) is 0. The molecule has 4 rings (SSSR count). The third-order valence-corrected chi connectivity index (χ3v) is 3.85. The van der Waals surface area contributed by atoms with Crippen LogP contribution >= 0.6 is 0 Å². The summed E-state index contributed by atoms with van der Waals surface area (Å²) >= 11 is 0. The number of carboxylic acids is 1. The van der Waals surface area contributed by atoms with Gasteiger partial charge in [-0.3, -0.25) is 0 Å². The smallest absolute Gasteiger partial charge is 0.550 e. The summed E-state index contributed by atoms with van der Waals surface area (Å²) in [6.07, 6.45) is 0.850. The molecule has 0 N–H and O–H groups in total. The number of carbonyl (C=O) groups is 1. The zero-order valence-corrected chi connectivity index (χ0v) is 15.5. The zero-order chi connectivity index (χ0) is 15.5. The van der Waals surface area contributed by atoms with Gasteiger partial charge in [-0.25, -0.2) is 0 Å². The number of aliphatic carboxylic acids is 1. The third kappa shape index (κ3) is 3.66. The minimum atomic E-state index is -0.961. The van der Waals surface area contributed by atoms with E-state index in [0.717, 1.165) is 0 Å². The van der Waals surface area contributed by atoms with E-state index in [0.29, 0.717) is 6.42 Å². The molecule has 0 bridgehead atoms. The second-order valence-corrected chi connectivity index (χ2v) is 5.41. The maximum absolute atomic E-state index is 9.49. The average molecular weight is 312 g/mol. The van der Waals surface area contributed by atoms with Crippen LogP contribution in [0.1, 0.15) is 19.8 Å². The van der Waals surface area contributed by atoms with E-state index >= 15 is 0 Å². The van der Waals surface area contributed by atoms with Crippen LogP contribution in [0.4, 0.5) is 0 Å². The van der Waals surface area contributed by atoms with Gasteiger partial charge in [0, 0.05) is 5.97 Å². The van der Waals surface area contributed by atoms with Gasteiger partial charge in [-0.05, 0) is 38.7 Å². The van der Waals surface area contributed by atoms with Crippen LogP contribution in [0.3, 0.4) is 0 Å². The van der Waals surface area contributed by atoms with Crippen LogP contribution in [0.15, 0.2) is 60.7 Å². The van der Waals surface area contributed by atoms with Gasteiger partial charge in [0.25, 0.3) is 0 Å². The molecule has 3 heteroatoms. The fourth-order valence-corrected chi connectivity index (χ4v) is 2.87.